The van der Waals surface area contributed by atoms with Gasteiger partial charge < -0.3 is 8.37 Å². The Balaban J connectivity index is 1.81. The standard InChI is InChI=1S/C38H26F6O6P2S2/c39-37(40,41)53(45,46)49-31-23-13-25-33(51(27-15-5-1-6-16-27)28-17-7-2-8-18-28)35(31)36-32(50-54(47,48)38(42,43)44)24-14-26-34(36)52(29-19-9-3-10-20-29)30-21-11-4-12-22-30/h1-26H. The molecule has 0 radical (unpaired) electrons. The van der Waals surface area contributed by atoms with Crippen LogP contribution in [0.2, 0.25) is 0 Å². The van der Waals surface area contributed by atoms with E-state index in [9.17, 15) is 43.2 Å². The number of halogens is 6. The van der Waals surface area contributed by atoms with Gasteiger partial charge in [-0.1, -0.05) is 146 Å². The largest absolute Gasteiger partial charge is 0.534 e. The fraction of sp³-hybridized carbons (Fsp3) is 0.0526. The molecule has 0 fully saturated rings. The normalized spacial score (nSPS) is 12.5. The molecule has 6 nitrogen and oxygen atoms in total. The Hall–Kier alpha value is -4.74. The zero-order valence-electron chi connectivity index (χ0n) is 27.4. The highest BCUT2D eigenvalue weighted by Crippen LogP contribution is 2.48. The lowest BCUT2D eigenvalue weighted by molar-refractivity contribution is -0.0505. The Morgan fingerprint density at radius 1 is 0.370 bits per heavy atom. The maximum absolute atomic E-state index is 14.0. The van der Waals surface area contributed by atoms with Crippen LogP contribution >= 0.6 is 15.8 Å². The third-order valence-corrected chi connectivity index (χ3v) is 14.7. The van der Waals surface area contributed by atoms with Gasteiger partial charge in [0.2, 0.25) is 0 Å². The lowest BCUT2D eigenvalue weighted by Gasteiger charge is -2.28. The summed E-state index contributed by atoms with van der Waals surface area (Å²) in [5.74, 6) is -1.83. The number of hydrogen-bond acceptors (Lipinski definition) is 6. The molecule has 54 heavy (non-hydrogen) atoms. The second-order valence-corrected chi connectivity index (χ2v) is 18.7. The van der Waals surface area contributed by atoms with Crippen molar-refractivity contribution < 1.29 is 51.5 Å². The molecule has 0 unspecified atom stereocenters. The lowest BCUT2D eigenvalue weighted by atomic mass is 10.0. The molecular weight excluding hydrogens is 792 g/mol. The van der Waals surface area contributed by atoms with Crippen molar-refractivity contribution in [2.24, 2.45) is 0 Å². The Kier molecular flexibility index (Phi) is 11.2. The molecule has 6 aromatic carbocycles. The van der Waals surface area contributed by atoms with Gasteiger partial charge in [0.25, 0.3) is 0 Å². The summed E-state index contributed by atoms with van der Waals surface area (Å²) in [6.45, 7) is 0. The SMILES string of the molecule is O=S(=O)(Oc1cccc(P(c2ccccc2)c2ccccc2)c1-c1c(OS(=O)(=O)C(F)(F)F)cccc1P(c1ccccc1)c1ccccc1)C(F)(F)F. The van der Waals surface area contributed by atoms with Crippen LogP contribution in [0.4, 0.5) is 26.3 Å². The molecule has 0 bridgehead atoms. The first-order valence-electron chi connectivity index (χ1n) is 15.7. The Morgan fingerprint density at radius 3 is 0.870 bits per heavy atom. The van der Waals surface area contributed by atoms with Crippen LogP contribution in [0.1, 0.15) is 0 Å². The first-order valence-corrected chi connectivity index (χ1v) is 21.2. The van der Waals surface area contributed by atoms with E-state index in [0.717, 1.165) is 12.1 Å². The van der Waals surface area contributed by atoms with Gasteiger partial charge in [-0.25, -0.2) is 0 Å². The molecule has 16 heteroatoms. The van der Waals surface area contributed by atoms with Gasteiger partial charge in [0, 0.05) is 11.1 Å². The summed E-state index contributed by atoms with van der Waals surface area (Å²) in [5, 5.41) is 2.74. The number of benzene rings is 6. The maximum Gasteiger partial charge on any atom is 0.534 e. The Bertz CT molecular complexity index is 2200. The molecule has 0 saturated carbocycles. The van der Waals surface area contributed by atoms with Gasteiger partial charge in [-0.15, -0.1) is 0 Å². The summed E-state index contributed by atoms with van der Waals surface area (Å²) in [5.41, 5.74) is -12.6. The van der Waals surface area contributed by atoms with E-state index in [1.54, 1.807) is 121 Å². The average Bonchev–Trinajstić information content (AvgIpc) is 3.13. The van der Waals surface area contributed by atoms with Crippen LogP contribution in [0.25, 0.3) is 11.1 Å². The van der Waals surface area contributed by atoms with Crippen molar-refractivity contribution in [3.05, 3.63) is 158 Å². The minimum atomic E-state index is -6.39. The van der Waals surface area contributed by atoms with Crippen molar-refractivity contribution in [3.8, 4) is 22.6 Å². The second kappa shape index (κ2) is 15.5. The van der Waals surface area contributed by atoms with E-state index < -0.39 is 69.7 Å². The van der Waals surface area contributed by atoms with Crippen molar-refractivity contribution in [2.45, 2.75) is 11.0 Å². The maximum atomic E-state index is 14.0. The molecule has 0 spiro atoms. The summed E-state index contributed by atoms with van der Waals surface area (Å²) in [4.78, 5) is 0. The van der Waals surface area contributed by atoms with Crippen molar-refractivity contribution >= 4 is 67.9 Å². The van der Waals surface area contributed by atoms with Crippen LogP contribution in [0.3, 0.4) is 0 Å². The van der Waals surface area contributed by atoms with Crippen molar-refractivity contribution in [1.29, 1.82) is 0 Å². The zero-order valence-corrected chi connectivity index (χ0v) is 30.9. The third kappa shape index (κ3) is 8.17. The predicted molar refractivity (Wildman–Crippen MR) is 200 cm³/mol. The highest BCUT2D eigenvalue weighted by molar-refractivity contribution is 7.88. The average molecular weight is 819 g/mol. The van der Waals surface area contributed by atoms with Gasteiger partial charge in [0.15, 0.2) is 11.5 Å². The molecule has 0 amide bonds. The molecule has 0 aromatic heterocycles. The van der Waals surface area contributed by atoms with Gasteiger partial charge in [0.1, 0.15) is 0 Å². The lowest BCUT2D eigenvalue weighted by Crippen LogP contribution is -2.31. The van der Waals surface area contributed by atoms with Gasteiger partial charge in [-0.3, -0.25) is 0 Å². The van der Waals surface area contributed by atoms with Crippen LogP contribution in [-0.2, 0) is 20.2 Å². The number of rotatable bonds is 11. The minimum Gasteiger partial charge on any atom is -0.375 e. The summed E-state index contributed by atoms with van der Waals surface area (Å²) in [7, 11) is -16.5. The molecule has 0 N–H and O–H groups in total. The molecule has 0 saturated heterocycles. The molecule has 0 atom stereocenters. The second-order valence-electron chi connectivity index (χ2n) is 11.3. The summed E-state index contributed by atoms with van der Waals surface area (Å²) in [6, 6.07) is 41.9. The molecule has 6 aromatic rings. The summed E-state index contributed by atoms with van der Waals surface area (Å²) in [6.07, 6.45) is 0. The molecule has 0 aliphatic heterocycles. The van der Waals surface area contributed by atoms with Crippen LogP contribution < -0.4 is 40.2 Å². The number of hydrogen-bond donors (Lipinski definition) is 0. The fourth-order valence-corrected chi connectivity index (χ4v) is 11.4. The van der Waals surface area contributed by atoms with E-state index in [-0.39, 0.29) is 10.6 Å². The topological polar surface area (TPSA) is 86.7 Å². The van der Waals surface area contributed by atoms with E-state index in [1.807, 2.05) is 0 Å². The van der Waals surface area contributed by atoms with Crippen LogP contribution in [0.15, 0.2) is 158 Å². The van der Waals surface area contributed by atoms with Crippen LogP contribution in [-0.4, -0.2) is 27.9 Å². The summed E-state index contributed by atoms with van der Waals surface area (Å²) < 4.78 is 145. The van der Waals surface area contributed by atoms with Crippen molar-refractivity contribution in [1.82, 2.24) is 0 Å². The van der Waals surface area contributed by atoms with E-state index >= 15 is 0 Å². The molecule has 6 rings (SSSR count). The highest BCUT2D eigenvalue weighted by atomic mass is 32.2. The van der Waals surface area contributed by atoms with Gasteiger partial charge in [0.05, 0.1) is 0 Å². The quantitative estimate of drug-likeness (QED) is 0.0590. The minimum absolute atomic E-state index is 0.134. The van der Waals surface area contributed by atoms with E-state index in [0.29, 0.717) is 21.2 Å². The smallest absolute Gasteiger partial charge is 0.375 e. The molecular formula is C38H26F6O6P2S2. The van der Waals surface area contributed by atoms with Gasteiger partial charge >= 0.3 is 31.3 Å². The Labute approximate surface area is 309 Å². The molecule has 0 aliphatic rings. The van der Waals surface area contributed by atoms with Crippen molar-refractivity contribution in [3.63, 3.8) is 0 Å². The monoisotopic (exact) mass is 818 g/mol. The first-order chi connectivity index (χ1) is 25.6. The van der Waals surface area contributed by atoms with Gasteiger partial charge in [-0.2, -0.15) is 43.2 Å². The van der Waals surface area contributed by atoms with E-state index in [2.05, 4.69) is 0 Å². The van der Waals surface area contributed by atoms with Crippen LogP contribution in [0, 0.1) is 0 Å². The molecule has 0 heterocycles. The van der Waals surface area contributed by atoms with E-state index in [1.165, 1.54) is 24.3 Å². The van der Waals surface area contributed by atoms with Crippen molar-refractivity contribution in [2.75, 3.05) is 0 Å². The summed E-state index contributed by atoms with van der Waals surface area (Å²) >= 11 is 0. The molecule has 278 valence electrons. The van der Waals surface area contributed by atoms with E-state index in [4.69, 9.17) is 8.37 Å². The third-order valence-electron chi connectivity index (χ3n) is 7.76. The fourth-order valence-electron chi connectivity index (χ4n) is 5.55. The Morgan fingerprint density at radius 2 is 0.630 bits per heavy atom. The number of alkyl halides is 6. The van der Waals surface area contributed by atoms with Crippen LogP contribution in [0.5, 0.6) is 11.5 Å². The zero-order chi connectivity index (χ0) is 38.7. The molecule has 0 aliphatic carbocycles. The highest BCUT2D eigenvalue weighted by Gasteiger charge is 2.50. The predicted octanol–water partition coefficient (Wildman–Crippen LogP) is 7.33. The van der Waals surface area contributed by atoms with Gasteiger partial charge in [-0.05, 0) is 59.8 Å². The first kappa shape index (κ1) is 39.0.